The molecule has 0 radical (unpaired) electrons. The Bertz CT molecular complexity index is 743. The molecule has 0 spiro atoms. The Kier molecular flexibility index (Phi) is 5.48. The number of alkyl halides is 1. The lowest BCUT2D eigenvalue weighted by Crippen LogP contribution is -2.26. The summed E-state index contributed by atoms with van der Waals surface area (Å²) in [6.07, 6.45) is 0. The van der Waals surface area contributed by atoms with Crippen LogP contribution in [0.2, 0.25) is 0 Å². The molecule has 0 fully saturated rings. The molecule has 1 aromatic carbocycles. The third kappa shape index (κ3) is 3.68. The molecule has 0 aliphatic rings. The SMILES string of the molecule is Cc1cc(S(=O)(=O)N(C)Cc2ccccc2Br)sc1CCl. The van der Waals surface area contributed by atoms with Crippen molar-refractivity contribution in [3.8, 4) is 0 Å². The summed E-state index contributed by atoms with van der Waals surface area (Å²) in [7, 11) is -1.91. The van der Waals surface area contributed by atoms with E-state index in [1.54, 1.807) is 13.1 Å². The van der Waals surface area contributed by atoms with Crippen LogP contribution in [0.5, 0.6) is 0 Å². The quantitative estimate of drug-likeness (QED) is 0.689. The average Bonchev–Trinajstić information content (AvgIpc) is 2.83. The molecular weight excluding hydrogens is 394 g/mol. The average molecular weight is 409 g/mol. The molecule has 0 aliphatic carbocycles. The lowest BCUT2D eigenvalue weighted by Gasteiger charge is -2.16. The van der Waals surface area contributed by atoms with Gasteiger partial charge in [0.25, 0.3) is 10.0 Å². The summed E-state index contributed by atoms with van der Waals surface area (Å²) in [5.74, 6) is 0.333. The number of hydrogen-bond acceptors (Lipinski definition) is 3. The Morgan fingerprint density at radius 2 is 2.00 bits per heavy atom. The van der Waals surface area contributed by atoms with E-state index in [4.69, 9.17) is 11.6 Å². The van der Waals surface area contributed by atoms with E-state index in [-0.39, 0.29) is 0 Å². The molecule has 114 valence electrons. The van der Waals surface area contributed by atoms with E-state index in [0.29, 0.717) is 16.6 Å². The first-order valence-electron chi connectivity index (χ1n) is 6.21. The van der Waals surface area contributed by atoms with E-state index in [2.05, 4.69) is 15.9 Å². The number of rotatable bonds is 5. The van der Waals surface area contributed by atoms with Gasteiger partial charge in [-0.15, -0.1) is 22.9 Å². The highest BCUT2D eigenvalue weighted by molar-refractivity contribution is 9.10. The Labute approximate surface area is 142 Å². The van der Waals surface area contributed by atoms with Crippen LogP contribution in [0.3, 0.4) is 0 Å². The van der Waals surface area contributed by atoms with Crippen LogP contribution in [0, 0.1) is 6.92 Å². The fraction of sp³-hybridized carbons (Fsp3) is 0.286. The Morgan fingerprint density at radius 3 is 2.57 bits per heavy atom. The number of halogens is 2. The van der Waals surface area contributed by atoms with Gasteiger partial charge in [-0.05, 0) is 30.2 Å². The van der Waals surface area contributed by atoms with Gasteiger partial charge in [0.05, 0.1) is 5.88 Å². The maximum absolute atomic E-state index is 12.6. The molecule has 2 rings (SSSR count). The molecule has 0 unspecified atom stereocenters. The summed E-state index contributed by atoms with van der Waals surface area (Å²) in [5, 5.41) is 0. The van der Waals surface area contributed by atoms with Crippen molar-refractivity contribution in [2.75, 3.05) is 7.05 Å². The van der Waals surface area contributed by atoms with Crippen molar-refractivity contribution in [3.63, 3.8) is 0 Å². The lowest BCUT2D eigenvalue weighted by atomic mass is 10.2. The van der Waals surface area contributed by atoms with Gasteiger partial charge in [-0.1, -0.05) is 34.1 Å². The van der Waals surface area contributed by atoms with Crippen LogP contribution in [0.15, 0.2) is 39.0 Å². The van der Waals surface area contributed by atoms with Crippen molar-refractivity contribution < 1.29 is 8.42 Å². The summed E-state index contributed by atoms with van der Waals surface area (Å²) in [6, 6.07) is 9.28. The van der Waals surface area contributed by atoms with Crippen LogP contribution >= 0.6 is 38.9 Å². The summed E-state index contributed by atoms with van der Waals surface area (Å²) in [6.45, 7) is 2.19. The number of hydrogen-bond donors (Lipinski definition) is 0. The van der Waals surface area contributed by atoms with Crippen molar-refractivity contribution >= 4 is 48.9 Å². The predicted octanol–water partition coefficient (Wildman–Crippen LogP) is 4.38. The standard InChI is InChI=1S/C14H15BrClNO2S2/c1-10-7-14(20-13(10)8-16)21(18,19)17(2)9-11-5-3-4-6-12(11)15/h3-7H,8-9H2,1-2H3. The van der Waals surface area contributed by atoms with Gasteiger partial charge in [0, 0.05) is 22.9 Å². The molecular formula is C14H15BrClNO2S2. The Balaban J connectivity index is 2.28. The van der Waals surface area contributed by atoms with E-state index in [0.717, 1.165) is 20.5 Å². The zero-order chi connectivity index (χ0) is 15.6. The van der Waals surface area contributed by atoms with Crippen LogP contribution in [0.1, 0.15) is 16.0 Å². The van der Waals surface area contributed by atoms with Crippen molar-refractivity contribution in [3.05, 3.63) is 50.8 Å². The van der Waals surface area contributed by atoms with E-state index in [1.807, 2.05) is 31.2 Å². The molecule has 2 aromatic rings. The third-order valence-electron chi connectivity index (χ3n) is 3.13. The Hall–Kier alpha value is -0.400. The fourth-order valence-corrected chi connectivity index (χ4v) is 5.44. The molecule has 3 nitrogen and oxygen atoms in total. The number of thiophene rings is 1. The van der Waals surface area contributed by atoms with Gasteiger partial charge in [0.2, 0.25) is 0 Å². The van der Waals surface area contributed by atoms with Gasteiger partial charge in [-0.3, -0.25) is 0 Å². The molecule has 0 saturated heterocycles. The minimum absolute atomic E-state index is 0.316. The van der Waals surface area contributed by atoms with Gasteiger partial charge in [-0.25, -0.2) is 8.42 Å². The second-order valence-electron chi connectivity index (χ2n) is 4.66. The van der Waals surface area contributed by atoms with Gasteiger partial charge >= 0.3 is 0 Å². The van der Waals surface area contributed by atoms with Crippen LogP contribution in [0.4, 0.5) is 0 Å². The maximum Gasteiger partial charge on any atom is 0.252 e. The highest BCUT2D eigenvalue weighted by Gasteiger charge is 2.24. The minimum Gasteiger partial charge on any atom is -0.206 e. The minimum atomic E-state index is -3.49. The topological polar surface area (TPSA) is 37.4 Å². The van der Waals surface area contributed by atoms with Crippen LogP contribution in [-0.2, 0) is 22.4 Å². The van der Waals surface area contributed by atoms with E-state index < -0.39 is 10.0 Å². The normalized spacial score (nSPS) is 12.0. The molecule has 0 bridgehead atoms. The summed E-state index contributed by atoms with van der Waals surface area (Å²) < 4.78 is 27.8. The fourth-order valence-electron chi connectivity index (χ4n) is 1.85. The number of sulfonamides is 1. The lowest BCUT2D eigenvalue weighted by molar-refractivity contribution is 0.468. The molecule has 1 aromatic heterocycles. The molecule has 7 heteroatoms. The molecule has 21 heavy (non-hydrogen) atoms. The second-order valence-corrected chi connectivity index (χ2v) is 9.19. The third-order valence-corrected chi connectivity index (χ3v) is 7.82. The first kappa shape index (κ1) is 17.0. The van der Waals surface area contributed by atoms with Crippen molar-refractivity contribution in [2.24, 2.45) is 0 Å². The summed E-state index contributed by atoms with van der Waals surface area (Å²) in [5.41, 5.74) is 1.84. The number of benzene rings is 1. The maximum atomic E-state index is 12.6. The van der Waals surface area contributed by atoms with Gasteiger partial charge in [0.1, 0.15) is 4.21 Å². The molecule has 0 saturated carbocycles. The van der Waals surface area contributed by atoms with Crippen molar-refractivity contribution in [1.29, 1.82) is 0 Å². The first-order valence-corrected chi connectivity index (χ1v) is 9.79. The van der Waals surface area contributed by atoms with Crippen LogP contribution in [-0.4, -0.2) is 19.8 Å². The smallest absolute Gasteiger partial charge is 0.206 e. The molecule has 0 N–H and O–H groups in total. The summed E-state index contributed by atoms with van der Waals surface area (Å²) in [4.78, 5) is 0.893. The van der Waals surface area contributed by atoms with Crippen molar-refractivity contribution in [2.45, 2.75) is 23.6 Å². The zero-order valence-electron chi connectivity index (χ0n) is 11.6. The number of nitrogens with zero attached hydrogens (tertiary/aromatic N) is 1. The number of aryl methyl sites for hydroxylation is 1. The highest BCUT2D eigenvalue weighted by Crippen LogP contribution is 2.30. The van der Waals surface area contributed by atoms with Gasteiger partial charge in [0.15, 0.2) is 0 Å². The molecule has 1 heterocycles. The van der Waals surface area contributed by atoms with Crippen LogP contribution < -0.4 is 0 Å². The highest BCUT2D eigenvalue weighted by atomic mass is 79.9. The van der Waals surface area contributed by atoms with E-state index in [9.17, 15) is 8.42 Å². The monoisotopic (exact) mass is 407 g/mol. The molecule has 0 aliphatic heterocycles. The van der Waals surface area contributed by atoms with E-state index >= 15 is 0 Å². The second kappa shape index (κ2) is 6.79. The van der Waals surface area contributed by atoms with E-state index in [1.165, 1.54) is 15.6 Å². The van der Waals surface area contributed by atoms with Crippen molar-refractivity contribution in [1.82, 2.24) is 4.31 Å². The molecule has 0 amide bonds. The zero-order valence-corrected chi connectivity index (χ0v) is 15.6. The van der Waals surface area contributed by atoms with Crippen LogP contribution in [0.25, 0.3) is 0 Å². The first-order chi connectivity index (χ1) is 9.86. The van der Waals surface area contributed by atoms with Gasteiger partial charge in [-0.2, -0.15) is 4.31 Å². The van der Waals surface area contributed by atoms with Gasteiger partial charge < -0.3 is 0 Å². The Morgan fingerprint density at radius 1 is 1.33 bits per heavy atom. The molecule has 0 atom stereocenters. The summed E-state index contributed by atoms with van der Waals surface area (Å²) >= 11 is 10.5. The predicted molar refractivity (Wildman–Crippen MR) is 91.4 cm³/mol. The largest absolute Gasteiger partial charge is 0.252 e.